The number of hydrogen-bond donors (Lipinski definition) is 1. The fourth-order valence-corrected chi connectivity index (χ4v) is 4.03. The second-order valence-corrected chi connectivity index (χ2v) is 7.68. The molecule has 4 nitrogen and oxygen atoms in total. The molecular weight excluding hydrogens is 318 g/mol. The average molecular weight is 343 g/mol. The third-order valence-corrected chi connectivity index (χ3v) is 5.74. The molecule has 0 saturated carbocycles. The maximum absolute atomic E-state index is 12.6. The van der Waals surface area contributed by atoms with E-state index in [0.717, 1.165) is 45.4 Å². The van der Waals surface area contributed by atoms with Crippen molar-refractivity contribution in [3.8, 4) is 0 Å². The van der Waals surface area contributed by atoms with Gasteiger partial charge in [-0.3, -0.25) is 4.79 Å². The first kappa shape index (κ1) is 17.1. The normalized spacial score (nSPS) is 15.0. The van der Waals surface area contributed by atoms with E-state index in [1.807, 2.05) is 32.9 Å². The van der Waals surface area contributed by atoms with E-state index in [0.29, 0.717) is 0 Å². The maximum atomic E-state index is 12.6. The highest BCUT2D eigenvalue weighted by atomic mass is 32.1. The molecule has 1 aromatic heterocycles. The Kier molecular flexibility index (Phi) is 5.31. The number of carbonyl (C=O) groups is 1. The van der Waals surface area contributed by atoms with E-state index in [1.165, 1.54) is 37.3 Å². The number of aryl methyl sites for hydroxylation is 3. The molecule has 1 amide bonds. The van der Waals surface area contributed by atoms with Crippen molar-refractivity contribution in [3.05, 3.63) is 44.9 Å². The van der Waals surface area contributed by atoms with Crippen molar-refractivity contribution in [1.82, 2.24) is 9.88 Å². The lowest BCUT2D eigenvalue weighted by Crippen LogP contribution is -2.21. The summed E-state index contributed by atoms with van der Waals surface area (Å²) in [5, 5.41) is 4.10. The van der Waals surface area contributed by atoms with Gasteiger partial charge in [-0.15, -0.1) is 11.3 Å². The summed E-state index contributed by atoms with van der Waals surface area (Å²) < 4.78 is 0. The zero-order valence-corrected chi connectivity index (χ0v) is 15.5. The summed E-state index contributed by atoms with van der Waals surface area (Å²) in [7, 11) is 0. The Labute approximate surface area is 147 Å². The first-order chi connectivity index (χ1) is 11.5. The number of aromatic nitrogens is 1. The quantitative estimate of drug-likeness (QED) is 0.894. The molecule has 0 radical (unpaired) electrons. The first-order valence-corrected chi connectivity index (χ1v) is 9.42. The van der Waals surface area contributed by atoms with Crippen LogP contribution in [0.5, 0.6) is 0 Å². The molecule has 0 aliphatic carbocycles. The van der Waals surface area contributed by atoms with Crippen LogP contribution in [0.3, 0.4) is 0 Å². The largest absolute Gasteiger partial charge is 0.321 e. The summed E-state index contributed by atoms with van der Waals surface area (Å²) in [6.07, 6.45) is 3.54. The van der Waals surface area contributed by atoms with Crippen LogP contribution >= 0.6 is 11.3 Å². The molecule has 0 unspecified atom stereocenters. The SMILES string of the molecule is Cc1ccc(C)c(NC(=O)c2sc(CCN3CCCC3)nc2C)c1. The second-order valence-electron chi connectivity index (χ2n) is 6.59. The van der Waals surface area contributed by atoms with Crippen LogP contribution in [-0.2, 0) is 6.42 Å². The Morgan fingerprint density at radius 2 is 2.00 bits per heavy atom. The number of nitrogens with zero attached hydrogens (tertiary/aromatic N) is 2. The molecule has 1 aliphatic rings. The monoisotopic (exact) mass is 343 g/mol. The highest BCUT2D eigenvalue weighted by molar-refractivity contribution is 7.13. The van der Waals surface area contributed by atoms with Gasteiger partial charge in [0.2, 0.25) is 0 Å². The van der Waals surface area contributed by atoms with Gasteiger partial charge >= 0.3 is 0 Å². The molecule has 0 atom stereocenters. The number of thiazole rings is 1. The molecule has 1 fully saturated rings. The van der Waals surface area contributed by atoms with E-state index in [4.69, 9.17) is 0 Å². The molecule has 0 bridgehead atoms. The van der Waals surface area contributed by atoms with Crippen LogP contribution in [0.15, 0.2) is 18.2 Å². The molecule has 2 heterocycles. The van der Waals surface area contributed by atoms with Crippen molar-refractivity contribution in [3.63, 3.8) is 0 Å². The zero-order chi connectivity index (χ0) is 17.1. The number of carbonyl (C=O) groups excluding carboxylic acids is 1. The molecule has 1 N–H and O–H groups in total. The molecule has 24 heavy (non-hydrogen) atoms. The second kappa shape index (κ2) is 7.45. The fraction of sp³-hybridized carbons (Fsp3) is 0.474. The lowest BCUT2D eigenvalue weighted by Gasteiger charge is -2.12. The Balaban J connectivity index is 1.67. The number of likely N-dealkylation sites (tertiary alicyclic amines) is 1. The minimum atomic E-state index is -0.0499. The third kappa shape index (κ3) is 4.02. The zero-order valence-electron chi connectivity index (χ0n) is 14.7. The van der Waals surface area contributed by atoms with E-state index in [9.17, 15) is 4.79 Å². The lowest BCUT2D eigenvalue weighted by molar-refractivity contribution is 0.102. The van der Waals surface area contributed by atoms with E-state index in [-0.39, 0.29) is 5.91 Å². The van der Waals surface area contributed by atoms with Gasteiger partial charge in [-0.05, 0) is 63.9 Å². The topological polar surface area (TPSA) is 45.2 Å². The summed E-state index contributed by atoms with van der Waals surface area (Å²) in [6.45, 7) is 9.41. The number of rotatable bonds is 5. The molecule has 1 aromatic carbocycles. The molecule has 2 aromatic rings. The van der Waals surface area contributed by atoms with E-state index >= 15 is 0 Å². The highest BCUT2D eigenvalue weighted by Gasteiger charge is 2.17. The fourth-order valence-electron chi connectivity index (χ4n) is 3.08. The average Bonchev–Trinajstić information content (AvgIpc) is 3.18. The maximum Gasteiger partial charge on any atom is 0.267 e. The standard InChI is InChI=1S/C19H25N3OS/c1-13-6-7-14(2)16(12-13)21-19(23)18-15(3)20-17(24-18)8-11-22-9-4-5-10-22/h6-7,12H,4-5,8-11H2,1-3H3,(H,21,23). The van der Waals surface area contributed by atoms with E-state index in [1.54, 1.807) is 0 Å². The third-order valence-electron chi connectivity index (χ3n) is 4.53. The number of nitrogens with one attached hydrogen (secondary N) is 1. The van der Waals surface area contributed by atoms with Crippen molar-refractivity contribution in [2.75, 3.05) is 25.0 Å². The van der Waals surface area contributed by atoms with Crippen molar-refractivity contribution >= 4 is 22.9 Å². The van der Waals surface area contributed by atoms with Gasteiger partial charge in [0.05, 0.1) is 10.7 Å². The van der Waals surface area contributed by atoms with Gasteiger partial charge in [-0.25, -0.2) is 4.98 Å². The van der Waals surface area contributed by atoms with Gasteiger partial charge in [0.15, 0.2) is 0 Å². The number of hydrogen-bond acceptors (Lipinski definition) is 4. The van der Waals surface area contributed by atoms with Gasteiger partial charge in [-0.2, -0.15) is 0 Å². The van der Waals surface area contributed by atoms with Crippen LogP contribution in [0.4, 0.5) is 5.69 Å². The van der Waals surface area contributed by atoms with Gasteiger partial charge in [0.25, 0.3) is 5.91 Å². The molecule has 1 saturated heterocycles. The molecule has 3 rings (SSSR count). The Bertz CT molecular complexity index is 732. The Hall–Kier alpha value is -1.72. The van der Waals surface area contributed by atoms with Crippen molar-refractivity contribution in [1.29, 1.82) is 0 Å². The van der Waals surface area contributed by atoms with Gasteiger partial charge in [-0.1, -0.05) is 12.1 Å². The van der Waals surface area contributed by atoms with Crippen molar-refractivity contribution < 1.29 is 4.79 Å². The molecule has 5 heteroatoms. The smallest absolute Gasteiger partial charge is 0.267 e. The molecule has 1 aliphatic heterocycles. The predicted molar refractivity (Wildman–Crippen MR) is 100 cm³/mol. The Morgan fingerprint density at radius 1 is 1.25 bits per heavy atom. The number of benzene rings is 1. The summed E-state index contributed by atoms with van der Waals surface area (Å²) >= 11 is 1.53. The minimum Gasteiger partial charge on any atom is -0.321 e. The summed E-state index contributed by atoms with van der Waals surface area (Å²) in [6, 6.07) is 6.10. The van der Waals surface area contributed by atoms with Crippen LogP contribution in [0, 0.1) is 20.8 Å². The molecule has 128 valence electrons. The van der Waals surface area contributed by atoms with Crippen LogP contribution < -0.4 is 5.32 Å². The first-order valence-electron chi connectivity index (χ1n) is 8.60. The predicted octanol–water partition coefficient (Wildman–Crippen LogP) is 3.96. The van der Waals surface area contributed by atoms with Gasteiger partial charge in [0.1, 0.15) is 4.88 Å². The highest BCUT2D eigenvalue weighted by Crippen LogP contribution is 2.23. The van der Waals surface area contributed by atoms with Crippen molar-refractivity contribution in [2.24, 2.45) is 0 Å². The van der Waals surface area contributed by atoms with Crippen molar-refractivity contribution in [2.45, 2.75) is 40.0 Å². The number of amides is 1. The summed E-state index contributed by atoms with van der Waals surface area (Å²) in [5.74, 6) is -0.0499. The van der Waals surface area contributed by atoms with Crippen LogP contribution in [0.25, 0.3) is 0 Å². The van der Waals surface area contributed by atoms with Crippen LogP contribution in [-0.4, -0.2) is 35.4 Å². The molecular formula is C19H25N3OS. The van der Waals surface area contributed by atoms with E-state index < -0.39 is 0 Å². The lowest BCUT2D eigenvalue weighted by atomic mass is 10.1. The summed E-state index contributed by atoms with van der Waals surface area (Å²) in [4.78, 5) is 20.4. The van der Waals surface area contributed by atoms with Crippen LogP contribution in [0.2, 0.25) is 0 Å². The van der Waals surface area contributed by atoms with E-state index in [2.05, 4.69) is 21.3 Å². The molecule has 0 spiro atoms. The minimum absolute atomic E-state index is 0.0499. The number of anilines is 1. The van der Waals surface area contributed by atoms with Crippen LogP contribution in [0.1, 0.15) is 44.3 Å². The Morgan fingerprint density at radius 3 is 2.75 bits per heavy atom. The summed E-state index contributed by atoms with van der Waals surface area (Å²) in [5.41, 5.74) is 3.93. The van der Waals surface area contributed by atoms with Gasteiger partial charge in [0, 0.05) is 18.7 Å². The van der Waals surface area contributed by atoms with Gasteiger partial charge < -0.3 is 10.2 Å².